The van der Waals surface area contributed by atoms with Crippen LogP contribution in [0.3, 0.4) is 0 Å². The SMILES string of the molecule is O=C([C@@H]1CCCN(S(=O)(=O)c2ccccc2)C1)N1CCCCO1. The van der Waals surface area contributed by atoms with Gasteiger partial charge < -0.3 is 0 Å². The summed E-state index contributed by atoms with van der Waals surface area (Å²) in [6.45, 7) is 1.85. The topological polar surface area (TPSA) is 66.9 Å². The summed E-state index contributed by atoms with van der Waals surface area (Å²) in [6.07, 6.45) is 3.29. The molecule has 126 valence electrons. The molecule has 2 heterocycles. The van der Waals surface area contributed by atoms with E-state index in [1.807, 2.05) is 0 Å². The quantitative estimate of drug-likeness (QED) is 0.840. The largest absolute Gasteiger partial charge is 0.272 e. The van der Waals surface area contributed by atoms with E-state index >= 15 is 0 Å². The summed E-state index contributed by atoms with van der Waals surface area (Å²) in [4.78, 5) is 18.2. The Bertz CT molecular complexity index is 641. The first kappa shape index (κ1) is 16.4. The summed E-state index contributed by atoms with van der Waals surface area (Å²) in [5.74, 6) is -0.405. The molecule has 0 aliphatic carbocycles. The zero-order chi connectivity index (χ0) is 16.3. The van der Waals surface area contributed by atoms with Crippen LogP contribution in [0.15, 0.2) is 35.2 Å². The van der Waals surface area contributed by atoms with Crippen LogP contribution in [0.1, 0.15) is 25.7 Å². The number of benzene rings is 1. The van der Waals surface area contributed by atoms with Crippen molar-refractivity contribution >= 4 is 15.9 Å². The molecule has 0 bridgehead atoms. The monoisotopic (exact) mass is 338 g/mol. The van der Waals surface area contributed by atoms with Gasteiger partial charge in [-0.2, -0.15) is 4.31 Å². The minimum Gasteiger partial charge on any atom is -0.272 e. The molecule has 2 fully saturated rings. The lowest BCUT2D eigenvalue weighted by Crippen LogP contribution is -2.47. The number of carbonyl (C=O) groups excluding carboxylic acids is 1. The second-order valence-corrected chi connectivity index (χ2v) is 7.93. The normalized spacial score (nSPS) is 23.7. The van der Waals surface area contributed by atoms with Crippen LogP contribution >= 0.6 is 0 Å². The minimum atomic E-state index is -3.54. The Balaban J connectivity index is 1.72. The second-order valence-electron chi connectivity index (χ2n) is 6.00. The number of amides is 1. The summed E-state index contributed by atoms with van der Waals surface area (Å²) in [6, 6.07) is 8.39. The van der Waals surface area contributed by atoms with Crippen LogP contribution in [0.2, 0.25) is 0 Å². The number of carbonyl (C=O) groups is 1. The molecule has 2 aliphatic heterocycles. The molecule has 0 radical (unpaired) electrons. The predicted molar refractivity (Wildman–Crippen MR) is 84.8 cm³/mol. The van der Waals surface area contributed by atoms with Crippen LogP contribution in [0, 0.1) is 5.92 Å². The van der Waals surface area contributed by atoms with Crippen molar-refractivity contribution in [2.24, 2.45) is 5.92 Å². The lowest BCUT2D eigenvalue weighted by molar-refractivity contribution is -0.202. The maximum Gasteiger partial charge on any atom is 0.250 e. The molecule has 1 aromatic carbocycles. The van der Waals surface area contributed by atoms with Crippen molar-refractivity contribution in [3.05, 3.63) is 30.3 Å². The van der Waals surface area contributed by atoms with Crippen LogP contribution in [-0.2, 0) is 19.7 Å². The maximum atomic E-state index is 12.7. The van der Waals surface area contributed by atoms with Crippen LogP contribution in [-0.4, -0.2) is 49.9 Å². The fourth-order valence-corrected chi connectivity index (χ4v) is 4.62. The van der Waals surface area contributed by atoms with Gasteiger partial charge in [0.2, 0.25) is 10.0 Å². The molecule has 1 atom stereocenters. The highest BCUT2D eigenvalue weighted by atomic mass is 32.2. The average molecular weight is 338 g/mol. The van der Waals surface area contributed by atoms with Gasteiger partial charge in [-0.1, -0.05) is 18.2 Å². The molecule has 1 aromatic rings. The molecule has 0 aromatic heterocycles. The van der Waals surface area contributed by atoms with Crippen LogP contribution in [0.5, 0.6) is 0 Å². The first-order valence-electron chi connectivity index (χ1n) is 8.08. The highest BCUT2D eigenvalue weighted by Crippen LogP contribution is 2.25. The van der Waals surface area contributed by atoms with Crippen molar-refractivity contribution in [1.82, 2.24) is 9.37 Å². The van der Waals surface area contributed by atoms with Crippen molar-refractivity contribution in [1.29, 1.82) is 0 Å². The number of sulfonamides is 1. The number of nitrogens with zero attached hydrogens (tertiary/aromatic N) is 2. The third kappa shape index (κ3) is 3.57. The van der Waals surface area contributed by atoms with E-state index in [0.717, 1.165) is 12.8 Å². The fraction of sp³-hybridized carbons (Fsp3) is 0.562. The van der Waals surface area contributed by atoms with Gasteiger partial charge in [0.1, 0.15) is 0 Å². The summed E-state index contributed by atoms with van der Waals surface area (Å²) in [7, 11) is -3.54. The Labute approximate surface area is 137 Å². The Morgan fingerprint density at radius 3 is 2.57 bits per heavy atom. The molecule has 7 heteroatoms. The molecule has 0 saturated carbocycles. The number of piperidine rings is 1. The van der Waals surface area contributed by atoms with Gasteiger partial charge in [0.25, 0.3) is 5.91 Å². The predicted octanol–water partition coefficient (Wildman–Crippen LogP) is 1.64. The van der Waals surface area contributed by atoms with E-state index in [0.29, 0.717) is 32.5 Å². The average Bonchev–Trinajstić information content (AvgIpc) is 2.62. The summed E-state index contributed by atoms with van der Waals surface area (Å²) in [5, 5.41) is 1.42. The third-order valence-corrected chi connectivity index (χ3v) is 6.24. The fourth-order valence-electron chi connectivity index (χ4n) is 3.08. The van der Waals surface area contributed by atoms with Crippen molar-refractivity contribution in [3.63, 3.8) is 0 Å². The maximum absolute atomic E-state index is 12.7. The van der Waals surface area contributed by atoms with E-state index < -0.39 is 10.0 Å². The molecule has 23 heavy (non-hydrogen) atoms. The van der Waals surface area contributed by atoms with Gasteiger partial charge in [0.05, 0.1) is 17.4 Å². The molecule has 1 amide bonds. The first-order chi connectivity index (χ1) is 11.1. The highest BCUT2D eigenvalue weighted by Gasteiger charge is 2.35. The van der Waals surface area contributed by atoms with Crippen molar-refractivity contribution in [3.8, 4) is 0 Å². The van der Waals surface area contributed by atoms with Gasteiger partial charge in [-0.25, -0.2) is 13.5 Å². The van der Waals surface area contributed by atoms with Gasteiger partial charge >= 0.3 is 0 Å². The molecule has 6 nitrogen and oxygen atoms in total. The van der Waals surface area contributed by atoms with E-state index in [4.69, 9.17) is 4.84 Å². The zero-order valence-corrected chi connectivity index (χ0v) is 13.9. The number of hydrogen-bond donors (Lipinski definition) is 0. The molecule has 0 unspecified atom stereocenters. The highest BCUT2D eigenvalue weighted by molar-refractivity contribution is 7.89. The van der Waals surface area contributed by atoms with Gasteiger partial charge in [-0.15, -0.1) is 0 Å². The van der Waals surface area contributed by atoms with Crippen LogP contribution in [0.4, 0.5) is 0 Å². The molecule has 2 saturated heterocycles. The first-order valence-corrected chi connectivity index (χ1v) is 9.52. The molecule has 0 N–H and O–H groups in total. The van der Waals surface area contributed by atoms with Crippen molar-refractivity contribution in [2.45, 2.75) is 30.6 Å². The van der Waals surface area contributed by atoms with Crippen LogP contribution < -0.4 is 0 Å². The van der Waals surface area contributed by atoms with E-state index in [2.05, 4.69) is 0 Å². The zero-order valence-electron chi connectivity index (χ0n) is 13.1. The Morgan fingerprint density at radius 2 is 1.87 bits per heavy atom. The minimum absolute atomic E-state index is 0.0855. The van der Waals surface area contributed by atoms with Crippen molar-refractivity contribution < 1.29 is 18.0 Å². The lowest BCUT2D eigenvalue weighted by Gasteiger charge is -2.35. The van der Waals surface area contributed by atoms with Gasteiger partial charge in [-0.3, -0.25) is 9.63 Å². The van der Waals surface area contributed by atoms with Gasteiger partial charge in [0.15, 0.2) is 0 Å². The molecule has 3 rings (SSSR count). The third-order valence-electron chi connectivity index (χ3n) is 4.36. The van der Waals surface area contributed by atoms with Gasteiger partial charge in [0, 0.05) is 19.6 Å². The number of hydroxylamine groups is 2. The Morgan fingerprint density at radius 1 is 1.09 bits per heavy atom. The van der Waals surface area contributed by atoms with E-state index in [9.17, 15) is 13.2 Å². The smallest absolute Gasteiger partial charge is 0.250 e. The van der Waals surface area contributed by atoms with Gasteiger partial charge in [-0.05, 0) is 37.8 Å². The second kappa shape index (κ2) is 6.98. The molecular weight excluding hydrogens is 316 g/mol. The molecular formula is C16H22N2O4S. The van der Waals surface area contributed by atoms with Crippen LogP contribution in [0.25, 0.3) is 0 Å². The van der Waals surface area contributed by atoms with Crippen molar-refractivity contribution in [2.75, 3.05) is 26.2 Å². The summed E-state index contributed by atoms with van der Waals surface area (Å²) in [5.41, 5.74) is 0. The lowest BCUT2D eigenvalue weighted by atomic mass is 9.98. The summed E-state index contributed by atoms with van der Waals surface area (Å²) >= 11 is 0. The Hall–Kier alpha value is -1.44. The molecule has 0 spiro atoms. The molecule has 2 aliphatic rings. The summed E-state index contributed by atoms with van der Waals surface area (Å²) < 4.78 is 26.8. The number of hydrogen-bond acceptors (Lipinski definition) is 4. The Kier molecular flexibility index (Phi) is 4.99. The standard InChI is InChI=1S/C16H22N2O4S/c19-16(18-11-4-5-12-22-18)14-7-6-10-17(13-14)23(20,21)15-8-2-1-3-9-15/h1-3,8-9,14H,4-7,10-13H2/t14-/m1/s1. The van der Waals surface area contributed by atoms with E-state index in [1.54, 1.807) is 30.3 Å². The van der Waals surface area contributed by atoms with E-state index in [-0.39, 0.29) is 23.3 Å². The van der Waals surface area contributed by atoms with E-state index in [1.165, 1.54) is 9.37 Å². The number of rotatable bonds is 3.